The van der Waals surface area contributed by atoms with Crippen molar-refractivity contribution in [3.8, 4) is 0 Å². The summed E-state index contributed by atoms with van der Waals surface area (Å²) in [7, 11) is -3.82. The lowest BCUT2D eigenvalue weighted by molar-refractivity contribution is -0.0560. The number of hydrogen-bond donors (Lipinski definition) is 4. The molecule has 0 aromatic carbocycles. The molecule has 0 spiro atoms. The van der Waals surface area contributed by atoms with Gasteiger partial charge in [0.1, 0.15) is 18.3 Å². The molecule has 13 heteroatoms. The highest BCUT2D eigenvalue weighted by atomic mass is 31.2. The highest BCUT2D eigenvalue weighted by molar-refractivity contribution is 7.48. The molecule has 4 atom stereocenters. The molecule has 0 aliphatic carbocycles. The van der Waals surface area contributed by atoms with Crippen LogP contribution in [0.1, 0.15) is 20.1 Å². The van der Waals surface area contributed by atoms with Gasteiger partial charge in [0, 0.05) is 6.20 Å². The molecule has 0 radical (unpaired) electrons. The molecule has 1 aliphatic heterocycles. The quantitative estimate of drug-likeness (QED) is 0.325. The third-order valence-electron chi connectivity index (χ3n) is 3.53. The summed E-state index contributed by atoms with van der Waals surface area (Å²) in [5.41, 5.74) is 0.896. The van der Waals surface area contributed by atoms with Gasteiger partial charge in [-0.2, -0.15) is 4.98 Å². The minimum atomic E-state index is -3.82. The number of aliphatic hydroxyl groups excluding tert-OH is 2. The Bertz CT molecular complexity index is 690. The average molecular weight is 395 g/mol. The van der Waals surface area contributed by atoms with Crippen molar-refractivity contribution in [2.75, 3.05) is 25.3 Å². The molecule has 2 unspecified atom stereocenters. The second kappa shape index (κ2) is 9.02. The molecule has 26 heavy (non-hydrogen) atoms. The summed E-state index contributed by atoms with van der Waals surface area (Å²) in [6.07, 6.45) is -3.99. The van der Waals surface area contributed by atoms with Crippen LogP contribution in [-0.2, 0) is 22.9 Å². The summed E-state index contributed by atoms with van der Waals surface area (Å²) in [6.45, 7) is 3.00. The predicted octanol–water partition coefficient (Wildman–Crippen LogP) is -0.139. The zero-order valence-corrected chi connectivity index (χ0v) is 15.1. The fourth-order valence-electron chi connectivity index (χ4n) is 2.36. The molecule has 1 saturated heterocycles. The number of aromatic nitrogens is 2. The Balaban J connectivity index is 2.09. The van der Waals surface area contributed by atoms with Crippen molar-refractivity contribution in [3.05, 3.63) is 22.7 Å². The predicted molar refractivity (Wildman–Crippen MR) is 86.6 cm³/mol. The fourth-order valence-corrected chi connectivity index (χ4v) is 3.54. The molecule has 2 heterocycles. The molecular formula is C13H22N3O9P. The lowest BCUT2D eigenvalue weighted by atomic mass is 10.1. The number of nitrogens with one attached hydrogen (secondary N) is 1. The Morgan fingerprint density at radius 2 is 1.92 bits per heavy atom. The van der Waals surface area contributed by atoms with Crippen molar-refractivity contribution in [2.45, 2.75) is 38.4 Å². The number of nitrogens with zero attached hydrogens (tertiary/aromatic N) is 2. The first-order chi connectivity index (χ1) is 12.3. The minimum Gasteiger partial charge on any atom is -0.387 e. The van der Waals surface area contributed by atoms with Crippen LogP contribution < -0.4 is 11.2 Å². The Labute approximate surface area is 148 Å². The summed E-state index contributed by atoms with van der Waals surface area (Å²) in [5.74, 6) is -0.0893. The number of rotatable bonds is 9. The summed E-state index contributed by atoms with van der Waals surface area (Å²) in [5, 5.41) is 29.0. The molecule has 0 saturated carbocycles. The maximum absolute atomic E-state index is 12.3. The summed E-state index contributed by atoms with van der Waals surface area (Å²) in [6, 6.07) is 1.27. The molecule has 4 N–H and O–H groups in total. The lowest BCUT2D eigenvalue weighted by Gasteiger charge is -2.20. The van der Waals surface area contributed by atoms with Crippen molar-refractivity contribution in [1.82, 2.24) is 9.55 Å². The minimum absolute atomic E-state index is 0.0862. The van der Waals surface area contributed by atoms with Gasteiger partial charge in [-0.15, -0.1) is 0 Å². The zero-order valence-electron chi connectivity index (χ0n) is 14.2. The van der Waals surface area contributed by atoms with Crippen LogP contribution in [0.3, 0.4) is 0 Å². The van der Waals surface area contributed by atoms with Gasteiger partial charge in [-0.05, 0) is 19.9 Å². The van der Waals surface area contributed by atoms with Gasteiger partial charge in [0.05, 0.1) is 19.8 Å². The third kappa shape index (κ3) is 4.67. The van der Waals surface area contributed by atoms with E-state index in [1.807, 2.05) is 0 Å². The number of anilines is 1. The molecule has 1 aromatic rings. The first kappa shape index (κ1) is 20.9. The van der Waals surface area contributed by atoms with E-state index in [0.717, 1.165) is 4.57 Å². The highest BCUT2D eigenvalue weighted by Crippen LogP contribution is 2.49. The lowest BCUT2D eigenvalue weighted by Crippen LogP contribution is -2.36. The van der Waals surface area contributed by atoms with E-state index >= 15 is 0 Å². The van der Waals surface area contributed by atoms with Crippen LogP contribution in [-0.4, -0.2) is 63.1 Å². The van der Waals surface area contributed by atoms with E-state index in [-0.39, 0.29) is 19.0 Å². The highest BCUT2D eigenvalue weighted by Gasteiger charge is 2.45. The van der Waals surface area contributed by atoms with Crippen molar-refractivity contribution < 1.29 is 38.3 Å². The smallest absolute Gasteiger partial charge is 0.387 e. The molecule has 12 nitrogen and oxygen atoms in total. The SMILES string of the molecule is CCOP(=O)(OCC)OC[C@H]1O[C@@H](n2ccc(NO)nc2=O)C(O)C1O. The van der Waals surface area contributed by atoms with E-state index in [4.69, 9.17) is 23.5 Å². The van der Waals surface area contributed by atoms with Crippen LogP contribution in [0.15, 0.2) is 17.1 Å². The Kier molecular flexibility index (Phi) is 7.26. The van der Waals surface area contributed by atoms with Crippen molar-refractivity contribution in [1.29, 1.82) is 0 Å². The molecule has 148 valence electrons. The largest absolute Gasteiger partial charge is 0.474 e. The van der Waals surface area contributed by atoms with Gasteiger partial charge in [-0.25, -0.2) is 9.36 Å². The van der Waals surface area contributed by atoms with E-state index in [0.29, 0.717) is 0 Å². The Morgan fingerprint density at radius 1 is 1.27 bits per heavy atom. The van der Waals surface area contributed by atoms with Crippen LogP contribution in [0.25, 0.3) is 0 Å². The first-order valence-corrected chi connectivity index (χ1v) is 9.35. The number of ether oxygens (including phenoxy) is 1. The van der Waals surface area contributed by atoms with Gasteiger partial charge < -0.3 is 14.9 Å². The Morgan fingerprint density at radius 3 is 2.46 bits per heavy atom. The van der Waals surface area contributed by atoms with Gasteiger partial charge in [-0.3, -0.25) is 28.8 Å². The van der Waals surface area contributed by atoms with Crippen molar-refractivity contribution in [3.63, 3.8) is 0 Å². The van der Waals surface area contributed by atoms with Gasteiger partial charge >= 0.3 is 13.5 Å². The average Bonchev–Trinajstić information content (AvgIpc) is 2.88. The number of hydrogen-bond acceptors (Lipinski definition) is 11. The molecule has 0 amide bonds. The van der Waals surface area contributed by atoms with Gasteiger partial charge in [0.2, 0.25) is 0 Å². The molecule has 1 aromatic heterocycles. The van der Waals surface area contributed by atoms with Crippen LogP contribution in [0.4, 0.5) is 5.82 Å². The maximum Gasteiger partial charge on any atom is 0.474 e. The fraction of sp³-hybridized carbons (Fsp3) is 0.692. The molecule has 0 bridgehead atoms. The topological polar surface area (TPSA) is 162 Å². The summed E-state index contributed by atoms with van der Waals surface area (Å²) >= 11 is 0. The van der Waals surface area contributed by atoms with Crippen LogP contribution >= 0.6 is 7.82 Å². The Hall–Kier alpha value is -1.37. The zero-order chi connectivity index (χ0) is 19.3. The number of phosphoric ester groups is 1. The third-order valence-corrected chi connectivity index (χ3v) is 5.14. The van der Waals surface area contributed by atoms with E-state index in [1.165, 1.54) is 12.3 Å². The second-order valence-electron chi connectivity index (χ2n) is 5.24. The monoisotopic (exact) mass is 395 g/mol. The molecule has 1 fully saturated rings. The van der Waals surface area contributed by atoms with Gasteiger partial charge in [-0.1, -0.05) is 0 Å². The van der Waals surface area contributed by atoms with Crippen LogP contribution in [0.2, 0.25) is 0 Å². The standard InChI is InChI=1S/C13H22N3O9P/c1-3-22-26(21,23-4-2)24-7-8-10(17)11(18)12(25-8)16-6-5-9(15-20)14-13(16)19/h5-6,8,10-12,17-18,20H,3-4,7H2,1-2H3,(H,14,15,19)/t8-,10?,11?,12-/m1/s1. The van der Waals surface area contributed by atoms with E-state index in [1.54, 1.807) is 19.3 Å². The van der Waals surface area contributed by atoms with Gasteiger partial charge in [0.25, 0.3) is 0 Å². The van der Waals surface area contributed by atoms with Gasteiger partial charge in [0.15, 0.2) is 12.0 Å². The molecule has 2 rings (SSSR count). The van der Waals surface area contributed by atoms with E-state index in [9.17, 15) is 19.6 Å². The normalized spacial score (nSPS) is 26.2. The van der Waals surface area contributed by atoms with Crippen molar-refractivity contribution >= 4 is 13.6 Å². The number of aliphatic hydroxyl groups is 2. The summed E-state index contributed by atoms with van der Waals surface area (Å²) < 4.78 is 33.7. The maximum atomic E-state index is 12.3. The second-order valence-corrected chi connectivity index (χ2v) is 6.91. The molecule has 1 aliphatic rings. The van der Waals surface area contributed by atoms with Crippen LogP contribution in [0.5, 0.6) is 0 Å². The first-order valence-electron chi connectivity index (χ1n) is 7.89. The molecular weight excluding hydrogens is 373 g/mol. The summed E-state index contributed by atoms with van der Waals surface area (Å²) in [4.78, 5) is 15.5. The number of phosphoric acid groups is 1. The van der Waals surface area contributed by atoms with E-state index < -0.39 is 44.7 Å². The van der Waals surface area contributed by atoms with E-state index in [2.05, 4.69) is 4.98 Å². The van der Waals surface area contributed by atoms with Crippen LogP contribution in [0, 0.1) is 0 Å². The van der Waals surface area contributed by atoms with Crippen molar-refractivity contribution in [2.24, 2.45) is 0 Å².